The van der Waals surface area contributed by atoms with E-state index in [9.17, 15) is 4.79 Å². The van der Waals surface area contributed by atoms with Crippen molar-refractivity contribution in [1.29, 1.82) is 0 Å². The van der Waals surface area contributed by atoms with E-state index in [4.69, 9.17) is 0 Å². The van der Waals surface area contributed by atoms with Crippen LogP contribution in [0.25, 0.3) is 5.70 Å². The average molecular weight is 253 g/mol. The lowest BCUT2D eigenvalue weighted by molar-refractivity contribution is 0.101. The fourth-order valence-electron chi connectivity index (χ4n) is 1.71. The fraction of sp³-hybridized carbons (Fsp3) is 0.133. The van der Waals surface area contributed by atoms with E-state index in [0.717, 1.165) is 11.4 Å². The summed E-state index contributed by atoms with van der Waals surface area (Å²) in [5, 5.41) is 3.05. The van der Waals surface area contributed by atoms with E-state index < -0.39 is 0 Å². The van der Waals surface area contributed by atoms with Gasteiger partial charge in [-0.05, 0) is 38.1 Å². The van der Waals surface area contributed by atoms with E-state index in [1.165, 1.54) is 6.92 Å². The first-order valence-corrected chi connectivity index (χ1v) is 5.94. The highest BCUT2D eigenvalue weighted by Gasteiger charge is 2.09. The first-order chi connectivity index (χ1) is 9.08. The van der Waals surface area contributed by atoms with Crippen molar-refractivity contribution >= 4 is 17.3 Å². The number of aryl methyl sites for hydroxylation is 1. The topological polar surface area (TPSA) is 54.9 Å². The summed E-state index contributed by atoms with van der Waals surface area (Å²) >= 11 is 0. The number of carbonyl (C=O) groups is 1. The van der Waals surface area contributed by atoms with Gasteiger partial charge in [-0.2, -0.15) is 0 Å². The Balaban J connectivity index is 2.27. The van der Waals surface area contributed by atoms with Gasteiger partial charge in [-0.1, -0.05) is 12.6 Å². The summed E-state index contributed by atoms with van der Waals surface area (Å²) in [4.78, 5) is 20.0. The minimum Gasteiger partial charge on any atom is -0.338 e. The summed E-state index contributed by atoms with van der Waals surface area (Å²) in [5.41, 5.74) is 2.80. The van der Waals surface area contributed by atoms with Crippen LogP contribution in [-0.2, 0) is 0 Å². The van der Waals surface area contributed by atoms with Crippen LogP contribution in [0.1, 0.15) is 28.7 Å². The van der Waals surface area contributed by atoms with Gasteiger partial charge in [0.05, 0.1) is 17.0 Å². The zero-order valence-electron chi connectivity index (χ0n) is 11.0. The number of aromatic nitrogens is 2. The summed E-state index contributed by atoms with van der Waals surface area (Å²) < 4.78 is 0. The highest BCUT2D eigenvalue weighted by molar-refractivity contribution is 5.99. The Bertz CT molecular complexity index is 635. The van der Waals surface area contributed by atoms with Crippen LogP contribution in [0.15, 0.2) is 43.1 Å². The standard InChI is InChI=1S/C15H15N3O/c1-10-6-4-8-14(17-10)11(2)18-15-13(12(3)19)7-5-9-16-15/h4-9H,2H2,1,3H3,(H,16,18). The van der Waals surface area contributed by atoms with Crippen molar-refractivity contribution < 1.29 is 4.79 Å². The van der Waals surface area contributed by atoms with Crippen LogP contribution in [0.5, 0.6) is 0 Å². The van der Waals surface area contributed by atoms with Crippen LogP contribution in [0.4, 0.5) is 5.82 Å². The number of nitrogens with zero attached hydrogens (tertiary/aromatic N) is 2. The third kappa shape index (κ3) is 3.04. The predicted octanol–water partition coefficient (Wildman–Crippen LogP) is 3.07. The van der Waals surface area contributed by atoms with Gasteiger partial charge in [0.15, 0.2) is 5.78 Å². The lowest BCUT2D eigenvalue weighted by atomic mass is 10.2. The molecule has 0 saturated carbocycles. The third-order valence-corrected chi connectivity index (χ3v) is 2.65. The van der Waals surface area contributed by atoms with Crippen molar-refractivity contribution in [2.45, 2.75) is 13.8 Å². The molecule has 0 atom stereocenters. The van der Waals surface area contributed by atoms with E-state index in [1.54, 1.807) is 18.3 Å². The molecule has 0 saturated heterocycles. The molecule has 2 aromatic rings. The molecule has 2 rings (SSSR count). The number of nitrogens with one attached hydrogen (secondary N) is 1. The molecule has 0 unspecified atom stereocenters. The number of hydrogen-bond donors (Lipinski definition) is 1. The summed E-state index contributed by atoms with van der Waals surface area (Å²) in [6.07, 6.45) is 1.63. The van der Waals surface area contributed by atoms with Gasteiger partial charge in [-0.15, -0.1) is 0 Å². The van der Waals surface area contributed by atoms with Crippen molar-refractivity contribution in [3.63, 3.8) is 0 Å². The third-order valence-electron chi connectivity index (χ3n) is 2.65. The number of anilines is 1. The molecule has 0 aliphatic carbocycles. The number of carbonyl (C=O) groups excluding carboxylic acids is 1. The predicted molar refractivity (Wildman–Crippen MR) is 75.9 cm³/mol. The summed E-state index contributed by atoms with van der Waals surface area (Å²) in [6, 6.07) is 9.15. The lowest BCUT2D eigenvalue weighted by Crippen LogP contribution is -2.06. The number of ketones is 1. The molecule has 0 aromatic carbocycles. The molecule has 0 fully saturated rings. The number of hydrogen-bond acceptors (Lipinski definition) is 4. The number of rotatable bonds is 4. The Labute approximate surface area is 112 Å². The van der Waals surface area contributed by atoms with Gasteiger partial charge >= 0.3 is 0 Å². The molecule has 0 aliphatic heterocycles. The normalized spacial score (nSPS) is 10.0. The van der Waals surface area contributed by atoms with E-state index in [0.29, 0.717) is 17.1 Å². The van der Waals surface area contributed by atoms with Gasteiger partial charge in [0.1, 0.15) is 5.82 Å². The molecule has 2 aromatic heterocycles. The van der Waals surface area contributed by atoms with Crippen molar-refractivity contribution in [2.24, 2.45) is 0 Å². The molecule has 0 radical (unpaired) electrons. The van der Waals surface area contributed by atoms with Gasteiger partial charge in [0.25, 0.3) is 0 Å². The minimum absolute atomic E-state index is 0.0411. The first kappa shape index (κ1) is 13.0. The number of Topliss-reactive ketones (excluding diaryl/α,β-unsaturated/α-hetero) is 1. The van der Waals surface area contributed by atoms with E-state index in [-0.39, 0.29) is 5.78 Å². The van der Waals surface area contributed by atoms with Crippen LogP contribution < -0.4 is 5.32 Å². The van der Waals surface area contributed by atoms with Crippen LogP contribution in [0, 0.1) is 6.92 Å². The highest BCUT2D eigenvalue weighted by Crippen LogP contribution is 2.18. The Morgan fingerprint density at radius 2 is 2.05 bits per heavy atom. The summed E-state index contributed by atoms with van der Waals surface area (Å²) in [6.45, 7) is 7.36. The maximum absolute atomic E-state index is 11.5. The molecule has 4 heteroatoms. The van der Waals surface area contributed by atoms with Crippen molar-refractivity contribution in [3.05, 3.63) is 60.1 Å². The molecular formula is C15H15N3O. The molecule has 96 valence electrons. The van der Waals surface area contributed by atoms with Gasteiger partial charge in [-0.3, -0.25) is 9.78 Å². The maximum atomic E-state index is 11.5. The van der Waals surface area contributed by atoms with Gasteiger partial charge < -0.3 is 5.32 Å². The molecule has 1 N–H and O–H groups in total. The molecular weight excluding hydrogens is 238 g/mol. The molecule has 2 heterocycles. The molecule has 19 heavy (non-hydrogen) atoms. The first-order valence-electron chi connectivity index (χ1n) is 5.94. The van der Waals surface area contributed by atoms with Crippen LogP contribution in [0.2, 0.25) is 0 Å². The van der Waals surface area contributed by atoms with E-state index >= 15 is 0 Å². The molecule has 0 amide bonds. The SMILES string of the molecule is C=C(Nc1ncccc1C(C)=O)c1cccc(C)n1. The lowest BCUT2D eigenvalue weighted by Gasteiger charge is -2.11. The van der Waals surface area contributed by atoms with Gasteiger partial charge in [0, 0.05) is 11.9 Å². The second-order valence-corrected chi connectivity index (χ2v) is 4.22. The number of pyridine rings is 2. The minimum atomic E-state index is -0.0411. The molecule has 0 aliphatic rings. The monoisotopic (exact) mass is 253 g/mol. The van der Waals surface area contributed by atoms with Gasteiger partial charge in [-0.25, -0.2) is 4.98 Å². The average Bonchev–Trinajstić information content (AvgIpc) is 2.39. The molecule has 0 bridgehead atoms. The highest BCUT2D eigenvalue weighted by atomic mass is 16.1. The van der Waals surface area contributed by atoms with E-state index in [2.05, 4.69) is 21.9 Å². The second-order valence-electron chi connectivity index (χ2n) is 4.22. The van der Waals surface area contributed by atoms with Gasteiger partial charge in [0.2, 0.25) is 0 Å². The van der Waals surface area contributed by atoms with E-state index in [1.807, 2.05) is 25.1 Å². The van der Waals surface area contributed by atoms with Crippen molar-refractivity contribution in [3.8, 4) is 0 Å². The zero-order chi connectivity index (χ0) is 13.8. The van der Waals surface area contributed by atoms with Crippen LogP contribution in [-0.4, -0.2) is 15.8 Å². The summed E-state index contributed by atoms with van der Waals surface area (Å²) in [5.74, 6) is 0.462. The van der Waals surface area contributed by atoms with Crippen LogP contribution in [0.3, 0.4) is 0 Å². The Morgan fingerprint density at radius 1 is 1.26 bits per heavy atom. The Morgan fingerprint density at radius 3 is 2.74 bits per heavy atom. The maximum Gasteiger partial charge on any atom is 0.163 e. The quantitative estimate of drug-likeness (QED) is 0.851. The van der Waals surface area contributed by atoms with Crippen LogP contribution >= 0.6 is 0 Å². The summed E-state index contributed by atoms with van der Waals surface area (Å²) in [7, 11) is 0. The Hall–Kier alpha value is -2.49. The smallest absolute Gasteiger partial charge is 0.163 e. The Kier molecular flexibility index (Phi) is 3.71. The largest absolute Gasteiger partial charge is 0.338 e. The second kappa shape index (κ2) is 5.44. The molecule has 4 nitrogen and oxygen atoms in total. The fourth-order valence-corrected chi connectivity index (χ4v) is 1.71. The molecule has 0 spiro atoms. The van der Waals surface area contributed by atoms with Crippen molar-refractivity contribution in [1.82, 2.24) is 9.97 Å². The zero-order valence-corrected chi connectivity index (χ0v) is 11.0. The van der Waals surface area contributed by atoms with Crippen molar-refractivity contribution in [2.75, 3.05) is 5.32 Å².